The molecule has 0 aliphatic carbocycles. The normalized spacial score (nSPS) is 12.7. The van der Waals surface area contributed by atoms with Gasteiger partial charge < -0.3 is 14.2 Å². The Bertz CT molecular complexity index is 1110. The van der Waals surface area contributed by atoms with Crippen molar-refractivity contribution >= 4 is 17.9 Å². The number of allylic oxidation sites excluding steroid dienone is 12. The number of hydrogen-bond donors (Lipinski definition) is 0. The molecule has 0 aromatic heterocycles. The standard InChI is InChI=1S/C52H88O6/c1-4-7-10-13-16-19-22-24-25-26-28-30-33-36-39-42-45-51(54)57-48-49(47-56-50(53)44-41-38-35-32-29-21-18-15-12-9-6-3)58-52(55)46-43-40-37-34-31-27-23-20-17-14-11-8-5-2/h8,11,14-15,17-18,20,23,25-27,31,49H,4-7,9-10,12-13,16,19,21-22,24,28-30,32-48H2,1-3H3/b11-8-,17-14-,18-15-,23-20-,26-25-,31-27-. The maximum atomic E-state index is 12.7. The first kappa shape index (κ1) is 54.9. The zero-order chi connectivity index (χ0) is 42.3. The molecule has 0 bridgehead atoms. The Balaban J connectivity index is 4.45. The zero-order valence-electron chi connectivity index (χ0n) is 37.8. The van der Waals surface area contributed by atoms with Gasteiger partial charge >= 0.3 is 17.9 Å². The minimum absolute atomic E-state index is 0.0989. The van der Waals surface area contributed by atoms with Crippen molar-refractivity contribution in [2.45, 2.75) is 226 Å². The Labute approximate surface area is 357 Å². The quantitative estimate of drug-likeness (QED) is 0.0201. The minimum Gasteiger partial charge on any atom is -0.462 e. The Morgan fingerprint density at radius 1 is 0.362 bits per heavy atom. The Morgan fingerprint density at radius 3 is 1.17 bits per heavy atom. The molecule has 0 fully saturated rings. The first-order valence-electron chi connectivity index (χ1n) is 24.0. The molecule has 0 amide bonds. The van der Waals surface area contributed by atoms with E-state index in [1.165, 1.54) is 89.9 Å². The average molecular weight is 809 g/mol. The second kappa shape index (κ2) is 46.5. The Morgan fingerprint density at radius 2 is 0.707 bits per heavy atom. The van der Waals surface area contributed by atoms with Crippen molar-refractivity contribution < 1.29 is 28.6 Å². The van der Waals surface area contributed by atoms with Crippen LogP contribution in [0.3, 0.4) is 0 Å². The van der Waals surface area contributed by atoms with Crippen molar-refractivity contribution in [1.29, 1.82) is 0 Å². The van der Waals surface area contributed by atoms with E-state index in [0.717, 1.165) is 83.5 Å². The van der Waals surface area contributed by atoms with Crippen LogP contribution >= 0.6 is 0 Å². The molecule has 0 aromatic carbocycles. The van der Waals surface area contributed by atoms with Gasteiger partial charge in [0, 0.05) is 19.3 Å². The predicted octanol–water partition coefficient (Wildman–Crippen LogP) is 15.5. The predicted molar refractivity (Wildman–Crippen MR) is 247 cm³/mol. The summed E-state index contributed by atoms with van der Waals surface area (Å²) < 4.78 is 16.7. The Hall–Kier alpha value is -3.15. The van der Waals surface area contributed by atoms with Gasteiger partial charge in [0.25, 0.3) is 0 Å². The van der Waals surface area contributed by atoms with Crippen molar-refractivity contribution in [3.05, 3.63) is 72.9 Å². The molecule has 0 aromatic rings. The van der Waals surface area contributed by atoms with Crippen molar-refractivity contribution in [2.75, 3.05) is 13.2 Å². The molecule has 0 N–H and O–H groups in total. The number of carbonyl (C=O) groups excluding carboxylic acids is 3. The molecule has 0 rings (SSSR count). The summed E-state index contributed by atoms with van der Waals surface area (Å²) in [6, 6.07) is 0. The fourth-order valence-electron chi connectivity index (χ4n) is 6.37. The van der Waals surface area contributed by atoms with Crippen LogP contribution in [0.25, 0.3) is 0 Å². The molecule has 0 aliphatic heterocycles. The molecular formula is C52H88O6. The number of rotatable bonds is 42. The smallest absolute Gasteiger partial charge is 0.306 e. The van der Waals surface area contributed by atoms with Crippen LogP contribution in [0.2, 0.25) is 0 Å². The van der Waals surface area contributed by atoms with Gasteiger partial charge in [0.2, 0.25) is 0 Å². The minimum atomic E-state index is -0.800. The van der Waals surface area contributed by atoms with Gasteiger partial charge in [-0.3, -0.25) is 14.4 Å². The molecule has 0 spiro atoms. The van der Waals surface area contributed by atoms with Crippen LogP contribution in [0.4, 0.5) is 0 Å². The van der Waals surface area contributed by atoms with Gasteiger partial charge in [-0.1, -0.05) is 190 Å². The summed E-state index contributed by atoms with van der Waals surface area (Å²) in [7, 11) is 0. The lowest BCUT2D eigenvalue weighted by Gasteiger charge is -2.18. The van der Waals surface area contributed by atoms with Gasteiger partial charge in [-0.25, -0.2) is 0 Å². The van der Waals surface area contributed by atoms with E-state index in [2.05, 4.69) is 57.2 Å². The number of ether oxygens (including phenoxy) is 3. The maximum absolute atomic E-state index is 12.7. The van der Waals surface area contributed by atoms with Crippen LogP contribution in [0.5, 0.6) is 0 Å². The van der Waals surface area contributed by atoms with E-state index in [9.17, 15) is 14.4 Å². The molecule has 6 nitrogen and oxygen atoms in total. The Kier molecular flexibility index (Phi) is 44.0. The average Bonchev–Trinajstić information content (AvgIpc) is 3.22. The first-order chi connectivity index (χ1) is 28.5. The van der Waals surface area contributed by atoms with Crippen LogP contribution in [-0.2, 0) is 28.6 Å². The molecule has 0 saturated carbocycles. The lowest BCUT2D eigenvalue weighted by Crippen LogP contribution is -2.30. The molecule has 1 atom stereocenters. The molecule has 58 heavy (non-hydrogen) atoms. The van der Waals surface area contributed by atoms with Gasteiger partial charge in [-0.05, 0) is 83.5 Å². The van der Waals surface area contributed by atoms with E-state index in [-0.39, 0.29) is 37.5 Å². The largest absolute Gasteiger partial charge is 0.462 e. The molecular weight excluding hydrogens is 721 g/mol. The van der Waals surface area contributed by atoms with Crippen molar-refractivity contribution in [3.63, 3.8) is 0 Å². The van der Waals surface area contributed by atoms with Gasteiger partial charge in [0.1, 0.15) is 13.2 Å². The van der Waals surface area contributed by atoms with Crippen LogP contribution in [0, 0.1) is 0 Å². The van der Waals surface area contributed by atoms with Crippen LogP contribution in [-0.4, -0.2) is 37.2 Å². The fraction of sp³-hybridized carbons (Fsp3) is 0.712. The van der Waals surface area contributed by atoms with Crippen molar-refractivity contribution in [2.24, 2.45) is 0 Å². The molecule has 0 radical (unpaired) electrons. The maximum Gasteiger partial charge on any atom is 0.306 e. The van der Waals surface area contributed by atoms with Gasteiger partial charge in [-0.2, -0.15) is 0 Å². The number of esters is 3. The summed E-state index contributed by atoms with van der Waals surface area (Å²) in [5, 5.41) is 0. The number of unbranched alkanes of at least 4 members (excludes halogenated alkanes) is 22. The molecule has 6 heteroatoms. The second-order valence-electron chi connectivity index (χ2n) is 15.7. The lowest BCUT2D eigenvalue weighted by atomic mass is 10.1. The van der Waals surface area contributed by atoms with Crippen LogP contribution in [0.1, 0.15) is 220 Å². The fourth-order valence-corrected chi connectivity index (χ4v) is 6.37. The molecule has 0 heterocycles. The highest BCUT2D eigenvalue weighted by molar-refractivity contribution is 5.71. The summed E-state index contributed by atoms with van der Waals surface area (Å²) >= 11 is 0. The van der Waals surface area contributed by atoms with Gasteiger partial charge in [0.05, 0.1) is 0 Å². The molecule has 1 unspecified atom stereocenters. The molecule has 0 saturated heterocycles. The van der Waals surface area contributed by atoms with Crippen molar-refractivity contribution in [3.8, 4) is 0 Å². The highest BCUT2D eigenvalue weighted by atomic mass is 16.6. The second-order valence-corrected chi connectivity index (χ2v) is 15.7. The molecule has 332 valence electrons. The van der Waals surface area contributed by atoms with Crippen LogP contribution in [0.15, 0.2) is 72.9 Å². The van der Waals surface area contributed by atoms with Crippen LogP contribution < -0.4 is 0 Å². The van der Waals surface area contributed by atoms with E-state index in [1.807, 2.05) is 36.5 Å². The molecule has 0 aliphatic rings. The van der Waals surface area contributed by atoms with E-state index in [4.69, 9.17) is 14.2 Å². The SMILES string of the molecule is CC\C=C/C=C\C=C/C=C\CCCCCC(=O)OC(COC(=O)CCCCCCC/C=C\CCCC)COC(=O)CCCCCCC/C=C\CCCCCCCCC. The highest BCUT2D eigenvalue weighted by Gasteiger charge is 2.19. The van der Waals surface area contributed by atoms with Gasteiger partial charge in [-0.15, -0.1) is 0 Å². The summed E-state index contributed by atoms with van der Waals surface area (Å²) in [5.41, 5.74) is 0. The lowest BCUT2D eigenvalue weighted by molar-refractivity contribution is -0.167. The summed E-state index contributed by atoms with van der Waals surface area (Å²) in [4.78, 5) is 37.8. The number of carbonyl (C=O) groups is 3. The summed E-state index contributed by atoms with van der Waals surface area (Å²) in [5.74, 6) is -0.959. The van der Waals surface area contributed by atoms with Crippen molar-refractivity contribution in [1.82, 2.24) is 0 Å². The number of hydrogen-bond acceptors (Lipinski definition) is 6. The monoisotopic (exact) mass is 809 g/mol. The van der Waals surface area contributed by atoms with Gasteiger partial charge in [0.15, 0.2) is 6.10 Å². The van der Waals surface area contributed by atoms with E-state index >= 15 is 0 Å². The van der Waals surface area contributed by atoms with E-state index < -0.39 is 6.10 Å². The summed E-state index contributed by atoms with van der Waals surface area (Å²) in [6.07, 6.45) is 57.4. The summed E-state index contributed by atoms with van der Waals surface area (Å²) in [6.45, 7) is 6.39. The van der Waals surface area contributed by atoms with E-state index in [0.29, 0.717) is 19.3 Å². The third-order valence-electron chi connectivity index (χ3n) is 10.0. The first-order valence-corrected chi connectivity index (χ1v) is 24.0. The zero-order valence-corrected chi connectivity index (χ0v) is 37.8. The van der Waals surface area contributed by atoms with E-state index in [1.54, 1.807) is 0 Å². The topological polar surface area (TPSA) is 78.9 Å². The third-order valence-corrected chi connectivity index (χ3v) is 10.0. The highest BCUT2D eigenvalue weighted by Crippen LogP contribution is 2.13. The third kappa shape index (κ3) is 44.0.